The van der Waals surface area contributed by atoms with Crippen LogP contribution in [0.4, 0.5) is 0 Å². The second kappa shape index (κ2) is 6.22. The first-order valence-corrected chi connectivity index (χ1v) is 5.45. The summed E-state index contributed by atoms with van der Waals surface area (Å²) in [6.07, 6.45) is 0. The Morgan fingerprint density at radius 1 is 1.50 bits per heavy atom. The highest BCUT2D eigenvalue weighted by Crippen LogP contribution is 1.97. The minimum Gasteiger partial charge on any atom is -0.349 e. The van der Waals surface area contributed by atoms with Crippen LogP contribution >= 0.6 is 0 Å². The lowest BCUT2D eigenvalue weighted by atomic mass is 10.2. The first-order chi connectivity index (χ1) is 7.63. The van der Waals surface area contributed by atoms with Gasteiger partial charge in [-0.1, -0.05) is 19.0 Å². The van der Waals surface area contributed by atoms with Crippen molar-refractivity contribution in [3.8, 4) is 0 Å². The van der Waals surface area contributed by atoms with Gasteiger partial charge in [0.1, 0.15) is 0 Å². The van der Waals surface area contributed by atoms with E-state index in [-0.39, 0.29) is 11.7 Å². The van der Waals surface area contributed by atoms with Crippen molar-refractivity contribution >= 4 is 5.91 Å². The summed E-state index contributed by atoms with van der Waals surface area (Å²) in [6, 6.07) is 0. The maximum Gasteiger partial charge on any atom is 0.292 e. The highest BCUT2D eigenvalue weighted by Gasteiger charge is 2.12. The minimum absolute atomic E-state index is 0.0863. The molecule has 0 bridgehead atoms. The number of nitrogens with one attached hydrogen (secondary N) is 2. The molecule has 0 aliphatic rings. The van der Waals surface area contributed by atoms with Gasteiger partial charge in [-0.05, 0) is 19.4 Å². The second-order valence-corrected chi connectivity index (χ2v) is 3.90. The largest absolute Gasteiger partial charge is 0.349 e. The second-order valence-electron chi connectivity index (χ2n) is 3.90. The number of aromatic nitrogens is 2. The van der Waals surface area contributed by atoms with Crippen molar-refractivity contribution in [2.24, 2.45) is 5.92 Å². The third-order valence-corrected chi connectivity index (χ3v) is 1.84. The Bertz CT molecular complexity index is 335. The molecule has 0 saturated carbocycles. The van der Waals surface area contributed by atoms with Crippen molar-refractivity contribution in [2.45, 2.75) is 27.3 Å². The topological polar surface area (TPSA) is 80.0 Å². The normalized spacial score (nSPS) is 10.8. The molecule has 0 aromatic carbocycles. The Hall–Kier alpha value is -1.43. The summed E-state index contributed by atoms with van der Waals surface area (Å²) in [4.78, 5) is 15.3. The van der Waals surface area contributed by atoms with Gasteiger partial charge < -0.3 is 15.2 Å². The third-order valence-electron chi connectivity index (χ3n) is 1.84. The monoisotopic (exact) mass is 226 g/mol. The molecule has 0 radical (unpaired) electrons. The summed E-state index contributed by atoms with van der Waals surface area (Å²) in [5, 5.41) is 9.36. The summed E-state index contributed by atoms with van der Waals surface area (Å²) in [7, 11) is 0. The molecule has 6 heteroatoms. The predicted molar refractivity (Wildman–Crippen MR) is 58.8 cm³/mol. The van der Waals surface area contributed by atoms with Gasteiger partial charge in [-0.3, -0.25) is 4.79 Å². The Balaban J connectivity index is 2.42. The van der Waals surface area contributed by atoms with Crippen LogP contribution < -0.4 is 10.6 Å². The van der Waals surface area contributed by atoms with Gasteiger partial charge in [-0.25, -0.2) is 0 Å². The van der Waals surface area contributed by atoms with Gasteiger partial charge in [-0.15, -0.1) is 0 Å². The lowest BCUT2D eigenvalue weighted by Gasteiger charge is -2.03. The van der Waals surface area contributed by atoms with Gasteiger partial charge in [0, 0.05) is 6.54 Å². The first-order valence-electron chi connectivity index (χ1n) is 5.45. The number of rotatable bonds is 6. The Labute approximate surface area is 94.8 Å². The SMILES string of the molecule is CCNC(=O)c1noc(CNCC(C)C)n1. The van der Waals surface area contributed by atoms with Gasteiger partial charge in [0.15, 0.2) is 0 Å². The fraction of sp³-hybridized carbons (Fsp3) is 0.700. The van der Waals surface area contributed by atoms with Gasteiger partial charge in [0.2, 0.25) is 5.89 Å². The highest BCUT2D eigenvalue weighted by atomic mass is 16.5. The van der Waals surface area contributed by atoms with Gasteiger partial charge >= 0.3 is 0 Å². The summed E-state index contributed by atoms with van der Waals surface area (Å²) >= 11 is 0. The van der Waals surface area contributed by atoms with E-state index in [1.807, 2.05) is 6.92 Å². The molecule has 0 saturated heterocycles. The average molecular weight is 226 g/mol. The van der Waals surface area contributed by atoms with E-state index in [1.54, 1.807) is 0 Å². The van der Waals surface area contributed by atoms with Gasteiger partial charge in [0.25, 0.3) is 11.7 Å². The molecule has 1 aromatic rings. The Morgan fingerprint density at radius 2 is 2.25 bits per heavy atom. The fourth-order valence-electron chi connectivity index (χ4n) is 1.13. The molecule has 1 heterocycles. The Morgan fingerprint density at radius 3 is 2.88 bits per heavy atom. The molecule has 90 valence electrons. The molecule has 1 aromatic heterocycles. The van der Waals surface area contributed by atoms with Gasteiger partial charge in [0.05, 0.1) is 6.54 Å². The number of carbonyl (C=O) groups is 1. The number of nitrogens with zero attached hydrogens (tertiary/aromatic N) is 2. The maximum atomic E-state index is 11.3. The predicted octanol–water partition coefficient (Wildman–Crippen LogP) is 0.565. The van der Waals surface area contributed by atoms with Crippen LogP contribution in [0.2, 0.25) is 0 Å². The van der Waals surface area contributed by atoms with E-state index < -0.39 is 0 Å². The van der Waals surface area contributed by atoms with Crippen LogP contribution in [0.5, 0.6) is 0 Å². The molecular formula is C10H18N4O2. The highest BCUT2D eigenvalue weighted by molar-refractivity contribution is 5.90. The van der Waals surface area contributed by atoms with Crippen molar-refractivity contribution in [2.75, 3.05) is 13.1 Å². The fourth-order valence-corrected chi connectivity index (χ4v) is 1.13. The lowest BCUT2D eigenvalue weighted by molar-refractivity contribution is 0.0942. The van der Waals surface area contributed by atoms with E-state index in [2.05, 4.69) is 34.6 Å². The molecule has 16 heavy (non-hydrogen) atoms. The molecule has 0 unspecified atom stereocenters. The van der Waals surface area contributed by atoms with E-state index in [0.717, 1.165) is 6.54 Å². The zero-order valence-corrected chi connectivity index (χ0v) is 9.91. The first kappa shape index (κ1) is 12.6. The summed E-state index contributed by atoms with van der Waals surface area (Å²) in [6.45, 7) is 7.97. The number of hydrogen-bond acceptors (Lipinski definition) is 5. The Kier molecular flexibility index (Phi) is 4.91. The quantitative estimate of drug-likeness (QED) is 0.741. The number of amides is 1. The molecule has 0 aliphatic carbocycles. The smallest absolute Gasteiger partial charge is 0.292 e. The van der Waals surface area contributed by atoms with Crippen LogP contribution in [0.3, 0.4) is 0 Å². The minimum atomic E-state index is -0.304. The van der Waals surface area contributed by atoms with Crippen LogP contribution in [0.15, 0.2) is 4.52 Å². The van der Waals surface area contributed by atoms with E-state index >= 15 is 0 Å². The van der Waals surface area contributed by atoms with Crippen LogP contribution in [0.1, 0.15) is 37.3 Å². The molecule has 0 aliphatic heterocycles. The zero-order valence-electron chi connectivity index (χ0n) is 9.91. The van der Waals surface area contributed by atoms with Crippen LogP contribution in [0, 0.1) is 5.92 Å². The van der Waals surface area contributed by atoms with Crippen molar-refractivity contribution in [3.05, 3.63) is 11.7 Å². The summed E-state index contributed by atoms with van der Waals surface area (Å²) in [5.41, 5.74) is 0. The van der Waals surface area contributed by atoms with E-state index in [4.69, 9.17) is 4.52 Å². The van der Waals surface area contributed by atoms with Gasteiger partial charge in [-0.2, -0.15) is 4.98 Å². The molecule has 1 amide bonds. The number of hydrogen-bond donors (Lipinski definition) is 2. The van der Waals surface area contributed by atoms with E-state index in [9.17, 15) is 4.79 Å². The standard InChI is InChI=1S/C10H18N4O2/c1-4-12-10(15)9-13-8(16-14-9)6-11-5-7(2)3/h7,11H,4-6H2,1-3H3,(H,12,15). The molecule has 0 spiro atoms. The zero-order chi connectivity index (χ0) is 12.0. The van der Waals surface area contributed by atoms with Crippen molar-refractivity contribution in [1.29, 1.82) is 0 Å². The number of carbonyl (C=O) groups excluding carboxylic acids is 1. The summed E-state index contributed by atoms with van der Waals surface area (Å²) in [5.74, 6) is 0.775. The van der Waals surface area contributed by atoms with Crippen LogP contribution in [-0.2, 0) is 6.54 Å². The molecule has 2 N–H and O–H groups in total. The lowest BCUT2D eigenvalue weighted by Crippen LogP contribution is -2.24. The van der Waals surface area contributed by atoms with E-state index in [1.165, 1.54) is 0 Å². The molecule has 1 rings (SSSR count). The van der Waals surface area contributed by atoms with Crippen molar-refractivity contribution in [3.63, 3.8) is 0 Å². The molecular weight excluding hydrogens is 208 g/mol. The van der Waals surface area contributed by atoms with Crippen molar-refractivity contribution < 1.29 is 9.32 Å². The van der Waals surface area contributed by atoms with E-state index in [0.29, 0.717) is 24.9 Å². The molecule has 6 nitrogen and oxygen atoms in total. The van der Waals surface area contributed by atoms with Crippen LogP contribution in [0.25, 0.3) is 0 Å². The average Bonchev–Trinajstić information content (AvgIpc) is 2.66. The summed E-state index contributed by atoms with van der Waals surface area (Å²) < 4.78 is 4.93. The van der Waals surface area contributed by atoms with Crippen molar-refractivity contribution in [1.82, 2.24) is 20.8 Å². The van der Waals surface area contributed by atoms with Crippen LogP contribution in [-0.4, -0.2) is 29.1 Å². The molecule has 0 atom stereocenters. The molecule has 0 fully saturated rings. The third kappa shape index (κ3) is 3.98. The maximum absolute atomic E-state index is 11.3.